The highest BCUT2D eigenvalue weighted by Gasteiger charge is 2.35. The predicted octanol–water partition coefficient (Wildman–Crippen LogP) is 1.45. The third-order valence-electron chi connectivity index (χ3n) is 3.87. The lowest BCUT2D eigenvalue weighted by Crippen LogP contribution is -2.42. The van der Waals surface area contributed by atoms with Gasteiger partial charge in [-0.25, -0.2) is 0 Å². The molecule has 0 radical (unpaired) electrons. The van der Waals surface area contributed by atoms with Gasteiger partial charge in [-0.3, -0.25) is 4.90 Å². The number of hydrogen-bond acceptors (Lipinski definition) is 4. The lowest BCUT2D eigenvalue weighted by Gasteiger charge is -2.34. The molecule has 0 aromatic heterocycles. The number of β-amino-alcohol motifs (C(OH)–C–C–N with tert-alkyl or cyclic N) is 1. The van der Waals surface area contributed by atoms with Gasteiger partial charge in [-0.2, -0.15) is 0 Å². The number of nitrogens with two attached hydrogens (primary N) is 1. The molecule has 0 spiro atoms. The van der Waals surface area contributed by atoms with Crippen LogP contribution in [-0.4, -0.2) is 60.8 Å². The minimum Gasteiger partial charge on any atom is -0.392 e. The zero-order valence-electron chi connectivity index (χ0n) is 12.2. The number of likely N-dealkylation sites (tertiary alicyclic amines) is 1. The van der Waals surface area contributed by atoms with Crippen LogP contribution in [0.2, 0.25) is 0 Å². The van der Waals surface area contributed by atoms with Gasteiger partial charge in [0, 0.05) is 36.2 Å². The summed E-state index contributed by atoms with van der Waals surface area (Å²) in [7, 11) is 4.14. The second-order valence-electron chi connectivity index (χ2n) is 5.81. The number of aliphatic hydroxyl groups excluding tert-OH is 1. The maximum absolute atomic E-state index is 10.0. The molecule has 20 heavy (non-hydrogen) atoms. The number of halogens is 1. The van der Waals surface area contributed by atoms with E-state index >= 15 is 0 Å². The fourth-order valence-electron chi connectivity index (χ4n) is 3.08. The summed E-state index contributed by atoms with van der Waals surface area (Å²) < 4.78 is 1.07. The summed E-state index contributed by atoms with van der Waals surface area (Å²) in [5.41, 5.74) is 7.23. The van der Waals surface area contributed by atoms with E-state index in [4.69, 9.17) is 5.73 Å². The molecule has 3 unspecified atom stereocenters. The fourth-order valence-corrected chi connectivity index (χ4v) is 3.49. The van der Waals surface area contributed by atoms with Crippen LogP contribution in [0.15, 0.2) is 28.7 Å². The highest BCUT2D eigenvalue weighted by Crippen LogP contribution is 2.30. The molecule has 1 aliphatic rings. The molecule has 3 N–H and O–H groups in total. The van der Waals surface area contributed by atoms with Gasteiger partial charge in [0.15, 0.2) is 0 Å². The molecule has 5 heteroatoms. The SMILES string of the molecule is CN(C)CC1CC(O)CN1C(CN)c1cccc(Br)c1. The van der Waals surface area contributed by atoms with Gasteiger partial charge >= 0.3 is 0 Å². The first-order valence-corrected chi connectivity index (χ1v) is 7.84. The summed E-state index contributed by atoms with van der Waals surface area (Å²) in [6.07, 6.45) is 0.573. The van der Waals surface area contributed by atoms with Crippen LogP contribution in [0, 0.1) is 0 Å². The van der Waals surface area contributed by atoms with Gasteiger partial charge < -0.3 is 15.7 Å². The van der Waals surface area contributed by atoms with Gasteiger partial charge in [0.2, 0.25) is 0 Å². The second-order valence-corrected chi connectivity index (χ2v) is 6.72. The summed E-state index contributed by atoms with van der Waals surface area (Å²) in [5.74, 6) is 0. The Kier molecular flexibility index (Phi) is 5.57. The van der Waals surface area contributed by atoms with Crippen molar-refractivity contribution in [2.24, 2.45) is 5.73 Å². The van der Waals surface area contributed by atoms with E-state index in [0.717, 1.165) is 17.4 Å². The zero-order valence-corrected chi connectivity index (χ0v) is 13.8. The summed E-state index contributed by atoms with van der Waals surface area (Å²) >= 11 is 3.52. The van der Waals surface area contributed by atoms with Gasteiger partial charge in [-0.1, -0.05) is 28.1 Å². The van der Waals surface area contributed by atoms with Crippen molar-refractivity contribution in [2.75, 3.05) is 33.7 Å². The van der Waals surface area contributed by atoms with Crippen LogP contribution in [0.5, 0.6) is 0 Å². The Labute approximate surface area is 129 Å². The monoisotopic (exact) mass is 341 g/mol. The normalized spacial score (nSPS) is 25.3. The predicted molar refractivity (Wildman–Crippen MR) is 85.6 cm³/mol. The van der Waals surface area contributed by atoms with Gasteiger partial charge in [-0.15, -0.1) is 0 Å². The minimum absolute atomic E-state index is 0.162. The number of rotatable bonds is 5. The van der Waals surface area contributed by atoms with E-state index in [9.17, 15) is 5.11 Å². The third kappa shape index (κ3) is 3.80. The van der Waals surface area contributed by atoms with Crippen molar-refractivity contribution >= 4 is 15.9 Å². The van der Waals surface area contributed by atoms with Crippen molar-refractivity contribution in [1.29, 1.82) is 0 Å². The Hall–Kier alpha value is -0.460. The van der Waals surface area contributed by atoms with Crippen LogP contribution in [0.1, 0.15) is 18.0 Å². The molecule has 1 aromatic carbocycles. The average Bonchev–Trinajstić information content (AvgIpc) is 2.70. The summed E-state index contributed by atoms with van der Waals surface area (Å²) in [6, 6.07) is 8.80. The van der Waals surface area contributed by atoms with E-state index < -0.39 is 0 Å². The molecule has 1 heterocycles. The van der Waals surface area contributed by atoms with Crippen molar-refractivity contribution in [3.63, 3.8) is 0 Å². The maximum Gasteiger partial charge on any atom is 0.0682 e. The smallest absolute Gasteiger partial charge is 0.0682 e. The minimum atomic E-state index is -0.249. The molecule has 4 nitrogen and oxygen atoms in total. The standard InChI is InChI=1S/C15H24BrN3O/c1-18(2)9-13-7-14(20)10-19(13)15(8-17)11-4-3-5-12(16)6-11/h3-6,13-15,20H,7-10,17H2,1-2H3. The van der Waals surface area contributed by atoms with E-state index in [-0.39, 0.29) is 12.1 Å². The van der Waals surface area contributed by atoms with E-state index in [1.165, 1.54) is 5.56 Å². The van der Waals surface area contributed by atoms with Gasteiger partial charge in [0.05, 0.1) is 6.10 Å². The summed E-state index contributed by atoms with van der Waals surface area (Å²) in [6.45, 7) is 2.21. The first-order chi connectivity index (χ1) is 9.51. The first kappa shape index (κ1) is 15.9. The molecular weight excluding hydrogens is 318 g/mol. The van der Waals surface area contributed by atoms with Crippen LogP contribution < -0.4 is 5.73 Å². The largest absolute Gasteiger partial charge is 0.392 e. The van der Waals surface area contributed by atoms with Gasteiger partial charge in [0.25, 0.3) is 0 Å². The molecular formula is C15H24BrN3O. The molecule has 1 saturated heterocycles. The Balaban J connectivity index is 2.20. The highest BCUT2D eigenvalue weighted by atomic mass is 79.9. The van der Waals surface area contributed by atoms with Crippen LogP contribution in [0.4, 0.5) is 0 Å². The molecule has 0 bridgehead atoms. The third-order valence-corrected chi connectivity index (χ3v) is 4.36. The van der Waals surface area contributed by atoms with Crippen molar-refractivity contribution < 1.29 is 5.11 Å². The molecule has 1 fully saturated rings. The number of likely N-dealkylation sites (N-methyl/N-ethyl adjacent to an activating group) is 1. The Morgan fingerprint density at radius 3 is 2.85 bits per heavy atom. The number of nitrogens with zero attached hydrogens (tertiary/aromatic N) is 2. The number of hydrogen-bond donors (Lipinski definition) is 2. The summed E-state index contributed by atoms with van der Waals surface area (Å²) in [4.78, 5) is 4.52. The van der Waals surface area contributed by atoms with Gasteiger partial charge in [-0.05, 0) is 38.2 Å². The second kappa shape index (κ2) is 7.00. The lowest BCUT2D eigenvalue weighted by atomic mass is 10.0. The molecule has 1 aromatic rings. The molecule has 2 rings (SSSR count). The quantitative estimate of drug-likeness (QED) is 0.850. The molecule has 1 aliphatic heterocycles. The topological polar surface area (TPSA) is 52.7 Å². The van der Waals surface area contributed by atoms with Crippen molar-refractivity contribution in [3.8, 4) is 0 Å². The van der Waals surface area contributed by atoms with Crippen LogP contribution in [0.3, 0.4) is 0 Å². The van der Waals surface area contributed by atoms with Gasteiger partial charge in [0.1, 0.15) is 0 Å². The molecule has 0 aliphatic carbocycles. The van der Waals surface area contributed by atoms with Crippen LogP contribution in [0.25, 0.3) is 0 Å². The van der Waals surface area contributed by atoms with E-state index in [1.54, 1.807) is 0 Å². The van der Waals surface area contributed by atoms with Crippen molar-refractivity contribution in [3.05, 3.63) is 34.3 Å². The molecule has 0 saturated carbocycles. The first-order valence-electron chi connectivity index (χ1n) is 7.05. The molecule has 112 valence electrons. The molecule has 3 atom stereocenters. The van der Waals surface area contributed by atoms with Crippen molar-refractivity contribution in [2.45, 2.75) is 24.6 Å². The Bertz CT molecular complexity index is 441. The maximum atomic E-state index is 10.0. The Morgan fingerprint density at radius 1 is 1.50 bits per heavy atom. The molecule has 0 amide bonds. The fraction of sp³-hybridized carbons (Fsp3) is 0.600. The van der Waals surface area contributed by atoms with Crippen molar-refractivity contribution in [1.82, 2.24) is 9.80 Å². The summed E-state index contributed by atoms with van der Waals surface area (Å²) in [5, 5.41) is 10.0. The van der Waals surface area contributed by atoms with E-state index in [0.29, 0.717) is 19.1 Å². The average molecular weight is 342 g/mol. The number of benzene rings is 1. The van der Waals surface area contributed by atoms with E-state index in [2.05, 4.69) is 52.0 Å². The number of aliphatic hydroxyl groups is 1. The lowest BCUT2D eigenvalue weighted by molar-refractivity contribution is 0.139. The van der Waals surface area contributed by atoms with Crippen LogP contribution >= 0.6 is 15.9 Å². The van der Waals surface area contributed by atoms with E-state index in [1.807, 2.05) is 12.1 Å². The Morgan fingerprint density at radius 2 is 2.25 bits per heavy atom. The highest BCUT2D eigenvalue weighted by molar-refractivity contribution is 9.10. The van der Waals surface area contributed by atoms with Crippen LogP contribution in [-0.2, 0) is 0 Å². The zero-order chi connectivity index (χ0) is 14.7.